The zero-order valence-corrected chi connectivity index (χ0v) is 8.36. The second kappa shape index (κ2) is 4.65. The molecule has 0 fully saturated rings. The molecule has 0 aliphatic carbocycles. The average molecular weight is 166 g/mol. The van der Waals surface area contributed by atoms with E-state index in [0.717, 1.165) is 17.0 Å². The first-order chi connectivity index (χ1) is 5.54. The molecule has 0 unspecified atom stereocenters. The standard InChI is InChI=1S/C10H18N2/c1-6-7(2)8(3)10(11)9(4)12-5/h6,12H,4,11H2,1-3,5H3/b7-6+,10-8+. The molecule has 0 radical (unpaired) electrons. The van der Waals surface area contributed by atoms with Crippen LogP contribution < -0.4 is 11.1 Å². The first kappa shape index (κ1) is 10.8. The van der Waals surface area contributed by atoms with Gasteiger partial charge in [0.25, 0.3) is 0 Å². The monoisotopic (exact) mass is 166 g/mol. The number of allylic oxidation sites excluding steroid dienone is 3. The van der Waals surface area contributed by atoms with Gasteiger partial charge in [0.05, 0.1) is 11.4 Å². The van der Waals surface area contributed by atoms with Gasteiger partial charge in [-0.2, -0.15) is 0 Å². The largest absolute Gasteiger partial charge is 0.397 e. The predicted molar refractivity (Wildman–Crippen MR) is 54.5 cm³/mol. The van der Waals surface area contributed by atoms with Crippen LogP contribution in [0.2, 0.25) is 0 Å². The van der Waals surface area contributed by atoms with Crippen LogP contribution in [0.15, 0.2) is 35.2 Å². The molecule has 0 aliphatic rings. The van der Waals surface area contributed by atoms with E-state index in [2.05, 4.69) is 11.9 Å². The molecule has 0 spiro atoms. The van der Waals surface area contributed by atoms with Gasteiger partial charge < -0.3 is 11.1 Å². The van der Waals surface area contributed by atoms with E-state index in [9.17, 15) is 0 Å². The van der Waals surface area contributed by atoms with Crippen LogP contribution in [0.5, 0.6) is 0 Å². The van der Waals surface area contributed by atoms with Crippen molar-refractivity contribution in [3.8, 4) is 0 Å². The molecule has 0 aromatic heterocycles. The number of nitrogens with one attached hydrogen (secondary N) is 1. The molecule has 0 aliphatic heterocycles. The lowest BCUT2D eigenvalue weighted by Crippen LogP contribution is -2.14. The molecule has 68 valence electrons. The van der Waals surface area contributed by atoms with Crippen molar-refractivity contribution in [2.45, 2.75) is 20.8 Å². The van der Waals surface area contributed by atoms with Crippen LogP contribution >= 0.6 is 0 Å². The van der Waals surface area contributed by atoms with Crippen molar-refractivity contribution in [1.29, 1.82) is 0 Å². The van der Waals surface area contributed by atoms with E-state index in [1.165, 1.54) is 5.57 Å². The Morgan fingerprint density at radius 3 is 2.25 bits per heavy atom. The number of hydrogen-bond donors (Lipinski definition) is 2. The van der Waals surface area contributed by atoms with E-state index in [1.54, 1.807) is 0 Å². The fraction of sp³-hybridized carbons (Fsp3) is 0.400. The van der Waals surface area contributed by atoms with E-state index >= 15 is 0 Å². The molecular formula is C10H18N2. The Morgan fingerprint density at radius 1 is 1.42 bits per heavy atom. The van der Waals surface area contributed by atoms with Crippen LogP contribution in [0.25, 0.3) is 0 Å². The minimum atomic E-state index is 0.730. The maximum atomic E-state index is 5.82. The highest BCUT2D eigenvalue weighted by Crippen LogP contribution is 2.13. The van der Waals surface area contributed by atoms with Gasteiger partial charge in [0, 0.05) is 7.05 Å². The van der Waals surface area contributed by atoms with Crippen molar-refractivity contribution in [3.63, 3.8) is 0 Å². The van der Waals surface area contributed by atoms with Gasteiger partial charge in [0.15, 0.2) is 0 Å². The first-order valence-corrected chi connectivity index (χ1v) is 4.01. The lowest BCUT2D eigenvalue weighted by molar-refractivity contribution is 0.982. The van der Waals surface area contributed by atoms with Gasteiger partial charge >= 0.3 is 0 Å². The Hall–Kier alpha value is -1.18. The van der Waals surface area contributed by atoms with Crippen molar-refractivity contribution < 1.29 is 0 Å². The third-order valence-electron chi connectivity index (χ3n) is 2.06. The van der Waals surface area contributed by atoms with Gasteiger partial charge in [-0.15, -0.1) is 0 Å². The molecule has 0 saturated heterocycles. The topological polar surface area (TPSA) is 38.0 Å². The van der Waals surface area contributed by atoms with Crippen molar-refractivity contribution in [3.05, 3.63) is 35.2 Å². The summed E-state index contributed by atoms with van der Waals surface area (Å²) in [7, 11) is 1.81. The van der Waals surface area contributed by atoms with Crippen LogP contribution in [-0.4, -0.2) is 7.05 Å². The van der Waals surface area contributed by atoms with Gasteiger partial charge in [-0.3, -0.25) is 0 Å². The number of likely N-dealkylation sites (N-methyl/N-ethyl adjacent to an activating group) is 1. The molecular weight excluding hydrogens is 148 g/mol. The first-order valence-electron chi connectivity index (χ1n) is 4.01. The lowest BCUT2D eigenvalue weighted by atomic mass is 10.1. The molecule has 0 aromatic carbocycles. The normalized spacial score (nSPS) is 13.8. The summed E-state index contributed by atoms with van der Waals surface area (Å²) >= 11 is 0. The zero-order valence-electron chi connectivity index (χ0n) is 8.36. The summed E-state index contributed by atoms with van der Waals surface area (Å²) in [6.07, 6.45) is 2.03. The number of nitrogens with two attached hydrogens (primary N) is 1. The molecule has 0 atom stereocenters. The zero-order chi connectivity index (χ0) is 9.72. The summed E-state index contributed by atoms with van der Waals surface area (Å²) in [5, 5.41) is 2.92. The average Bonchev–Trinajstić information content (AvgIpc) is 2.12. The summed E-state index contributed by atoms with van der Waals surface area (Å²) in [5.74, 6) is 0. The minimum absolute atomic E-state index is 0.730. The number of rotatable bonds is 3. The van der Waals surface area contributed by atoms with Gasteiger partial charge in [0.1, 0.15) is 0 Å². The summed E-state index contributed by atoms with van der Waals surface area (Å²) < 4.78 is 0. The fourth-order valence-corrected chi connectivity index (χ4v) is 0.790. The molecule has 0 saturated carbocycles. The summed E-state index contributed by atoms with van der Waals surface area (Å²) in [6, 6.07) is 0. The molecule has 2 heteroatoms. The van der Waals surface area contributed by atoms with Crippen molar-refractivity contribution in [2.75, 3.05) is 7.05 Å². The Morgan fingerprint density at radius 2 is 1.92 bits per heavy atom. The molecule has 3 N–H and O–H groups in total. The molecule has 12 heavy (non-hydrogen) atoms. The van der Waals surface area contributed by atoms with Crippen molar-refractivity contribution >= 4 is 0 Å². The van der Waals surface area contributed by atoms with Crippen LogP contribution in [-0.2, 0) is 0 Å². The van der Waals surface area contributed by atoms with Gasteiger partial charge in [-0.1, -0.05) is 18.2 Å². The Balaban J connectivity index is 4.81. The Kier molecular flexibility index (Phi) is 4.19. The predicted octanol–water partition coefficient (Wildman–Crippen LogP) is 1.92. The van der Waals surface area contributed by atoms with E-state index in [1.807, 2.05) is 33.9 Å². The van der Waals surface area contributed by atoms with Gasteiger partial charge in [-0.25, -0.2) is 0 Å². The molecule has 0 amide bonds. The summed E-state index contributed by atoms with van der Waals surface area (Å²) in [4.78, 5) is 0. The highest BCUT2D eigenvalue weighted by Gasteiger charge is 2.01. The maximum Gasteiger partial charge on any atom is 0.0575 e. The van der Waals surface area contributed by atoms with Gasteiger partial charge in [-0.05, 0) is 26.3 Å². The highest BCUT2D eigenvalue weighted by atomic mass is 14.9. The van der Waals surface area contributed by atoms with Crippen molar-refractivity contribution in [2.24, 2.45) is 5.73 Å². The van der Waals surface area contributed by atoms with Crippen LogP contribution in [0.1, 0.15) is 20.8 Å². The maximum absolute atomic E-state index is 5.82. The van der Waals surface area contributed by atoms with E-state index < -0.39 is 0 Å². The summed E-state index contributed by atoms with van der Waals surface area (Å²) in [6.45, 7) is 9.81. The third kappa shape index (κ3) is 2.46. The van der Waals surface area contributed by atoms with Crippen LogP contribution in [0.4, 0.5) is 0 Å². The second-order valence-corrected chi connectivity index (χ2v) is 2.74. The van der Waals surface area contributed by atoms with Crippen molar-refractivity contribution in [1.82, 2.24) is 5.32 Å². The van der Waals surface area contributed by atoms with Crippen LogP contribution in [0, 0.1) is 0 Å². The van der Waals surface area contributed by atoms with Crippen LogP contribution in [0.3, 0.4) is 0 Å². The quantitative estimate of drug-likeness (QED) is 0.629. The second-order valence-electron chi connectivity index (χ2n) is 2.74. The molecule has 0 bridgehead atoms. The van der Waals surface area contributed by atoms with E-state index in [-0.39, 0.29) is 0 Å². The SMILES string of the molecule is C=C(NC)/C(N)=C(C)\C(C)=C\C. The fourth-order valence-electron chi connectivity index (χ4n) is 0.790. The molecule has 0 rings (SSSR count). The third-order valence-corrected chi connectivity index (χ3v) is 2.06. The number of hydrogen-bond acceptors (Lipinski definition) is 2. The summed E-state index contributed by atoms with van der Waals surface area (Å²) in [5.41, 5.74) is 9.59. The lowest BCUT2D eigenvalue weighted by Gasteiger charge is -2.09. The smallest absolute Gasteiger partial charge is 0.0575 e. The van der Waals surface area contributed by atoms with E-state index in [4.69, 9.17) is 5.73 Å². The Labute approximate surface area is 74.8 Å². The minimum Gasteiger partial charge on any atom is -0.397 e. The highest BCUT2D eigenvalue weighted by molar-refractivity contribution is 5.38. The van der Waals surface area contributed by atoms with Gasteiger partial charge in [0.2, 0.25) is 0 Å². The Bertz CT molecular complexity index is 234. The molecule has 0 aromatic rings. The molecule has 0 heterocycles. The van der Waals surface area contributed by atoms with E-state index in [0.29, 0.717) is 0 Å². The molecule has 2 nitrogen and oxygen atoms in total.